The fourth-order valence-corrected chi connectivity index (χ4v) is 2.44. The van der Waals surface area contributed by atoms with Gasteiger partial charge in [-0.2, -0.15) is 0 Å². The Kier molecular flexibility index (Phi) is 6.04. The number of carboxylic acids is 1. The van der Waals surface area contributed by atoms with Gasteiger partial charge in [0, 0.05) is 0 Å². The number of alkyl halides is 3. The summed E-state index contributed by atoms with van der Waals surface area (Å²) in [7, 11) is 0. The topological polar surface area (TPSA) is 119 Å². The van der Waals surface area contributed by atoms with Crippen molar-refractivity contribution in [3.8, 4) is 11.5 Å². The average molecular weight is 425 g/mol. The zero-order chi connectivity index (χ0) is 21.7. The third-order valence-corrected chi connectivity index (χ3v) is 3.73. The molecule has 2 heterocycles. The van der Waals surface area contributed by atoms with Gasteiger partial charge in [0.1, 0.15) is 23.7 Å². The zero-order valence-corrected chi connectivity index (χ0v) is 15.0. The number of oxime groups is 1. The van der Waals surface area contributed by atoms with Crippen LogP contribution in [0.3, 0.4) is 0 Å². The number of rotatable bonds is 6. The van der Waals surface area contributed by atoms with E-state index in [0.29, 0.717) is 5.56 Å². The van der Waals surface area contributed by atoms with Gasteiger partial charge in [-0.1, -0.05) is 17.3 Å². The number of hydrogen-bond acceptors (Lipinski definition) is 7. The summed E-state index contributed by atoms with van der Waals surface area (Å²) in [4.78, 5) is 31.3. The van der Waals surface area contributed by atoms with Gasteiger partial charge in [-0.25, -0.2) is 4.98 Å². The number of ether oxygens (including phenoxy) is 2. The van der Waals surface area contributed by atoms with Crippen molar-refractivity contribution in [2.45, 2.75) is 18.9 Å². The zero-order valence-electron chi connectivity index (χ0n) is 15.0. The number of aliphatic carboxylic acids is 1. The Balaban J connectivity index is 1.53. The predicted molar refractivity (Wildman–Crippen MR) is 93.8 cm³/mol. The van der Waals surface area contributed by atoms with Crippen LogP contribution in [0.4, 0.5) is 13.2 Å². The number of nitrogens with zero attached hydrogens (tertiary/aromatic N) is 2. The van der Waals surface area contributed by atoms with Crippen LogP contribution in [-0.2, 0) is 9.63 Å². The van der Waals surface area contributed by atoms with Gasteiger partial charge in [0.2, 0.25) is 5.90 Å². The van der Waals surface area contributed by atoms with Crippen molar-refractivity contribution < 1.29 is 42.2 Å². The first-order valence-corrected chi connectivity index (χ1v) is 8.42. The molecular formula is C18H14F3N3O6. The number of hydrogen-bond donors (Lipinski definition) is 2. The Labute approximate surface area is 167 Å². The number of halogens is 3. The van der Waals surface area contributed by atoms with E-state index in [9.17, 15) is 22.8 Å². The molecule has 2 aromatic rings. The van der Waals surface area contributed by atoms with Gasteiger partial charge in [0.05, 0.1) is 12.6 Å². The molecule has 3 rings (SSSR count). The molecule has 1 aliphatic rings. The van der Waals surface area contributed by atoms with Gasteiger partial charge in [0.25, 0.3) is 5.91 Å². The molecule has 1 aromatic carbocycles. The van der Waals surface area contributed by atoms with Crippen molar-refractivity contribution in [1.82, 2.24) is 10.3 Å². The molecule has 30 heavy (non-hydrogen) atoms. The van der Waals surface area contributed by atoms with Crippen molar-refractivity contribution in [2.24, 2.45) is 5.16 Å². The van der Waals surface area contributed by atoms with Crippen LogP contribution in [0.15, 0.2) is 47.8 Å². The van der Waals surface area contributed by atoms with Crippen LogP contribution in [0.25, 0.3) is 0 Å². The molecule has 9 nitrogen and oxygen atoms in total. The van der Waals surface area contributed by atoms with E-state index in [0.717, 1.165) is 0 Å². The maximum absolute atomic E-state index is 12.2. The first-order valence-electron chi connectivity index (χ1n) is 8.42. The SMILES string of the molecule is O=C(O)CNC(=O)c1ccc(OC2=NO[C@H](c3ccc(OC(F)(F)F)cc3)C2)cn1. The lowest BCUT2D eigenvalue weighted by atomic mass is 10.1. The molecule has 1 aromatic heterocycles. The highest BCUT2D eigenvalue weighted by molar-refractivity contribution is 5.94. The molecule has 0 saturated heterocycles. The molecule has 1 atom stereocenters. The van der Waals surface area contributed by atoms with Crippen molar-refractivity contribution in [3.63, 3.8) is 0 Å². The molecule has 12 heteroatoms. The lowest BCUT2D eigenvalue weighted by Crippen LogP contribution is -2.29. The highest BCUT2D eigenvalue weighted by Crippen LogP contribution is 2.30. The minimum absolute atomic E-state index is 0.00672. The molecule has 0 fully saturated rings. The minimum Gasteiger partial charge on any atom is -0.480 e. The summed E-state index contributed by atoms with van der Waals surface area (Å²) in [6.45, 7) is -0.530. The largest absolute Gasteiger partial charge is 0.573 e. The molecule has 1 amide bonds. The summed E-state index contributed by atoms with van der Waals surface area (Å²) in [5.74, 6) is -1.70. The Bertz CT molecular complexity index is 945. The molecule has 0 unspecified atom stereocenters. The van der Waals surface area contributed by atoms with Gasteiger partial charge in [-0.3, -0.25) is 9.59 Å². The van der Waals surface area contributed by atoms with E-state index >= 15 is 0 Å². The summed E-state index contributed by atoms with van der Waals surface area (Å²) >= 11 is 0. The summed E-state index contributed by atoms with van der Waals surface area (Å²) < 4.78 is 46.0. The summed E-state index contributed by atoms with van der Waals surface area (Å²) in [6, 6.07) is 7.99. The van der Waals surface area contributed by atoms with Crippen LogP contribution >= 0.6 is 0 Å². The number of benzene rings is 1. The normalized spacial score (nSPS) is 15.7. The second-order valence-corrected chi connectivity index (χ2v) is 5.96. The number of amides is 1. The second kappa shape index (κ2) is 8.68. The Morgan fingerprint density at radius 2 is 1.87 bits per heavy atom. The second-order valence-electron chi connectivity index (χ2n) is 5.96. The number of aromatic nitrogens is 1. The standard InChI is InChI=1S/C18H14F3N3O6/c19-18(20,21)29-11-3-1-10(2-4-11)14-7-15(24-30-14)28-12-5-6-13(22-8-12)17(27)23-9-16(25)26/h1-6,8,14H,7,9H2,(H,23,27)(H,25,26)/t14-/m0/s1. The van der Waals surface area contributed by atoms with Crippen LogP contribution < -0.4 is 14.8 Å². The van der Waals surface area contributed by atoms with Crippen LogP contribution in [0, 0.1) is 0 Å². The average Bonchev–Trinajstić information content (AvgIpc) is 3.14. The highest BCUT2D eigenvalue weighted by Gasteiger charge is 2.31. The quantitative estimate of drug-likeness (QED) is 0.730. The fourth-order valence-electron chi connectivity index (χ4n) is 2.44. The number of nitrogens with one attached hydrogen (secondary N) is 1. The number of carbonyl (C=O) groups is 2. The number of pyridine rings is 1. The van der Waals surface area contributed by atoms with Gasteiger partial charge in [0.15, 0.2) is 6.10 Å². The molecule has 0 radical (unpaired) electrons. The lowest BCUT2D eigenvalue weighted by molar-refractivity contribution is -0.274. The first-order chi connectivity index (χ1) is 14.2. The fraction of sp³-hybridized carbons (Fsp3) is 0.222. The van der Waals surface area contributed by atoms with Gasteiger partial charge in [-0.15, -0.1) is 13.2 Å². The van der Waals surface area contributed by atoms with Crippen LogP contribution in [0.1, 0.15) is 28.6 Å². The Morgan fingerprint density at radius 3 is 2.47 bits per heavy atom. The lowest BCUT2D eigenvalue weighted by Gasteiger charge is -2.11. The van der Waals surface area contributed by atoms with E-state index in [1.54, 1.807) is 0 Å². The van der Waals surface area contributed by atoms with E-state index < -0.39 is 30.9 Å². The smallest absolute Gasteiger partial charge is 0.480 e. The van der Waals surface area contributed by atoms with E-state index in [1.807, 2.05) is 0 Å². The maximum atomic E-state index is 12.2. The van der Waals surface area contributed by atoms with E-state index in [2.05, 4.69) is 20.2 Å². The Morgan fingerprint density at radius 1 is 1.17 bits per heavy atom. The molecule has 2 N–H and O–H groups in total. The van der Waals surface area contributed by atoms with Crippen molar-refractivity contribution in [2.75, 3.05) is 6.54 Å². The monoisotopic (exact) mass is 425 g/mol. The molecule has 0 saturated carbocycles. The van der Waals surface area contributed by atoms with Crippen molar-refractivity contribution in [3.05, 3.63) is 53.9 Å². The van der Waals surface area contributed by atoms with E-state index in [4.69, 9.17) is 14.7 Å². The highest BCUT2D eigenvalue weighted by atomic mass is 19.4. The van der Waals surface area contributed by atoms with Crippen LogP contribution in [0.5, 0.6) is 11.5 Å². The van der Waals surface area contributed by atoms with Gasteiger partial charge >= 0.3 is 12.3 Å². The summed E-state index contributed by atoms with van der Waals surface area (Å²) in [5, 5.41) is 14.5. The van der Waals surface area contributed by atoms with Crippen LogP contribution in [0.2, 0.25) is 0 Å². The minimum atomic E-state index is -4.77. The van der Waals surface area contributed by atoms with Crippen molar-refractivity contribution in [1.29, 1.82) is 0 Å². The number of carboxylic acid groups (broad SMARTS) is 1. The summed E-state index contributed by atoms with van der Waals surface area (Å²) in [6.07, 6.45) is -3.83. The van der Waals surface area contributed by atoms with Gasteiger partial charge < -0.3 is 24.7 Å². The first kappa shape index (κ1) is 20.9. The Hall–Kier alpha value is -3.83. The van der Waals surface area contributed by atoms with Crippen LogP contribution in [-0.4, -0.2) is 40.8 Å². The maximum Gasteiger partial charge on any atom is 0.573 e. The molecule has 1 aliphatic heterocycles. The number of carbonyl (C=O) groups excluding carboxylic acids is 1. The third-order valence-electron chi connectivity index (χ3n) is 3.73. The molecule has 0 spiro atoms. The van der Waals surface area contributed by atoms with E-state index in [1.165, 1.54) is 42.6 Å². The summed E-state index contributed by atoms with van der Waals surface area (Å²) in [5.41, 5.74) is 0.586. The molecule has 0 aliphatic carbocycles. The molecule has 0 bridgehead atoms. The van der Waals surface area contributed by atoms with E-state index in [-0.39, 0.29) is 29.5 Å². The molecular weight excluding hydrogens is 411 g/mol. The van der Waals surface area contributed by atoms with Gasteiger partial charge in [-0.05, 0) is 29.8 Å². The van der Waals surface area contributed by atoms with Crippen molar-refractivity contribution >= 4 is 17.8 Å². The molecule has 158 valence electrons. The third kappa shape index (κ3) is 5.83. The predicted octanol–water partition coefficient (Wildman–Crippen LogP) is 2.65.